The highest BCUT2D eigenvalue weighted by Gasteiger charge is 2.19. The molecule has 2 heteroatoms. The Kier molecular flexibility index (Phi) is 5.81. The van der Waals surface area contributed by atoms with Crippen molar-refractivity contribution in [2.45, 2.75) is 0 Å². The summed E-state index contributed by atoms with van der Waals surface area (Å²) in [4.78, 5) is 10.6. The van der Waals surface area contributed by atoms with E-state index in [1.807, 2.05) is 6.07 Å². The molecule has 0 radical (unpaired) electrons. The Hall–Kier alpha value is -4.92. The van der Waals surface area contributed by atoms with Gasteiger partial charge in [0.25, 0.3) is 0 Å². The number of benzene rings is 7. The molecule has 0 heterocycles. The number of hydrogen-bond donors (Lipinski definition) is 0. The molecule has 2 nitrogen and oxygen atoms in total. The van der Waals surface area contributed by atoms with Gasteiger partial charge in [-0.3, -0.25) is 0 Å². The highest BCUT2D eigenvalue weighted by atomic mass is 17.2. The van der Waals surface area contributed by atoms with Gasteiger partial charge in [-0.05, 0) is 90.0 Å². The normalized spacial score (nSPS) is 11.3. The van der Waals surface area contributed by atoms with Gasteiger partial charge in [0.2, 0.25) is 0 Å². The van der Waals surface area contributed by atoms with Gasteiger partial charge in [-0.25, -0.2) is 0 Å². The number of rotatable bonds is 5. The summed E-state index contributed by atoms with van der Waals surface area (Å²) in [6, 6.07) is 49.5. The van der Waals surface area contributed by atoms with E-state index >= 15 is 0 Å². The molecule has 0 aliphatic rings. The van der Waals surface area contributed by atoms with Gasteiger partial charge < -0.3 is 4.89 Å². The second-order valence-corrected chi connectivity index (χ2v) is 9.73. The molecule has 0 aromatic heterocycles. The third-order valence-corrected chi connectivity index (χ3v) is 7.49. The van der Waals surface area contributed by atoms with Crippen LogP contribution in [0.2, 0.25) is 0 Å². The Labute approximate surface area is 227 Å². The van der Waals surface area contributed by atoms with Gasteiger partial charge in [0.1, 0.15) is 0 Å². The van der Waals surface area contributed by atoms with Gasteiger partial charge in [0.05, 0.1) is 7.11 Å². The van der Waals surface area contributed by atoms with E-state index in [-0.39, 0.29) is 0 Å². The molecule has 0 aliphatic carbocycles. The fourth-order valence-electron chi connectivity index (χ4n) is 5.82. The summed E-state index contributed by atoms with van der Waals surface area (Å²) in [5, 5.41) is 7.17. The summed E-state index contributed by atoms with van der Waals surface area (Å²) in [5.41, 5.74) is 7.17. The highest BCUT2D eigenvalue weighted by molar-refractivity contribution is 6.23. The lowest BCUT2D eigenvalue weighted by Crippen LogP contribution is -1.95. The van der Waals surface area contributed by atoms with E-state index < -0.39 is 0 Å². The largest absolute Gasteiger partial charge is 0.338 e. The first-order valence-electron chi connectivity index (χ1n) is 13.1. The molecule has 0 unspecified atom stereocenters. The zero-order chi connectivity index (χ0) is 26.2. The van der Waals surface area contributed by atoms with Crippen LogP contribution in [0.5, 0.6) is 5.75 Å². The molecule has 7 aromatic rings. The van der Waals surface area contributed by atoms with Crippen LogP contribution in [-0.4, -0.2) is 7.11 Å². The molecule has 0 N–H and O–H groups in total. The molecule has 0 fully saturated rings. The zero-order valence-electron chi connectivity index (χ0n) is 21.6. The highest BCUT2D eigenvalue weighted by Crippen LogP contribution is 2.47. The molecule has 0 atom stereocenters. The van der Waals surface area contributed by atoms with Gasteiger partial charge in [0.15, 0.2) is 5.75 Å². The molecule has 39 heavy (non-hydrogen) atoms. The minimum absolute atomic E-state index is 0.670. The second-order valence-electron chi connectivity index (χ2n) is 9.73. The van der Waals surface area contributed by atoms with E-state index in [9.17, 15) is 0 Å². The van der Waals surface area contributed by atoms with Crippen LogP contribution >= 0.6 is 0 Å². The van der Waals surface area contributed by atoms with Gasteiger partial charge in [-0.1, -0.05) is 115 Å². The molecule has 0 saturated heterocycles. The van der Waals surface area contributed by atoms with Crippen molar-refractivity contribution in [2.75, 3.05) is 7.11 Å². The van der Waals surface area contributed by atoms with Crippen molar-refractivity contribution < 1.29 is 9.78 Å². The fraction of sp³-hybridized carbons (Fsp3) is 0.0270. The molecule has 0 amide bonds. The van der Waals surface area contributed by atoms with Crippen LogP contribution in [0, 0.1) is 0 Å². The predicted octanol–water partition coefficient (Wildman–Crippen LogP) is 10.1. The van der Waals surface area contributed by atoms with Gasteiger partial charge in [0, 0.05) is 0 Å². The lowest BCUT2D eigenvalue weighted by atomic mass is 9.83. The monoisotopic (exact) mass is 502 g/mol. The first kappa shape index (κ1) is 23.2. The summed E-state index contributed by atoms with van der Waals surface area (Å²) in [7, 11) is 1.54. The standard InChI is InChI=1S/C37H26O2/c1-38-39-29-21-22-34-35(24-29)37(31-16-8-7-15-30(31)26-12-3-2-4-13-26)33-18-10-9-17-32(33)36(34)28-20-19-25-11-5-6-14-27(25)23-28/h2-24H,1H3. The molecule has 186 valence electrons. The first-order chi connectivity index (χ1) is 19.3. The smallest absolute Gasteiger partial charge is 0.166 e. The Morgan fingerprint density at radius 2 is 1.05 bits per heavy atom. The van der Waals surface area contributed by atoms with E-state index in [2.05, 4.69) is 133 Å². The summed E-state index contributed by atoms with van der Waals surface area (Å²) in [6.45, 7) is 0. The topological polar surface area (TPSA) is 18.5 Å². The van der Waals surface area contributed by atoms with Crippen molar-refractivity contribution in [1.82, 2.24) is 0 Å². The quantitative estimate of drug-likeness (QED) is 0.132. The lowest BCUT2D eigenvalue weighted by molar-refractivity contribution is -0.178. The Morgan fingerprint density at radius 1 is 0.410 bits per heavy atom. The van der Waals surface area contributed by atoms with Crippen molar-refractivity contribution in [2.24, 2.45) is 0 Å². The van der Waals surface area contributed by atoms with E-state index in [0.717, 1.165) is 5.39 Å². The molecule has 0 bridgehead atoms. The van der Waals surface area contributed by atoms with Crippen molar-refractivity contribution in [3.05, 3.63) is 140 Å². The van der Waals surface area contributed by atoms with Crippen LogP contribution in [0.15, 0.2) is 140 Å². The molecule has 0 spiro atoms. The maximum Gasteiger partial charge on any atom is 0.166 e. The van der Waals surface area contributed by atoms with Crippen molar-refractivity contribution in [3.63, 3.8) is 0 Å². The molecular weight excluding hydrogens is 476 g/mol. The van der Waals surface area contributed by atoms with Crippen LogP contribution < -0.4 is 4.89 Å². The van der Waals surface area contributed by atoms with E-state index in [1.165, 1.54) is 67.4 Å². The minimum Gasteiger partial charge on any atom is -0.338 e. The number of hydrogen-bond acceptors (Lipinski definition) is 2. The van der Waals surface area contributed by atoms with Crippen LogP contribution in [-0.2, 0) is 4.89 Å². The van der Waals surface area contributed by atoms with Gasteiger partial charge in [-0.2, -0.15) is 4.89 Å². The SMILES string of the molecule is COOc1ccc2c(-c3ccc4ccccc4c3)c3ccccc3c(-c3ccccc3-c3ccccc3)c2c1. The Bertz CT molecular complexity index is 1970. The van der Waals surface area contributed by atoms with E-state index in [0.29, 0.717) is 5.75 Å². The van der Waals surface area contributed by atoms with Gasteiger partial charge in [-0.15, -0.1) is 0 Å². The third kappa shape index (κ3) is 4.03. The van der Waals surface area contributed by atoms with Crippen LogP contribution in [0.25, 0.3) is 65.7 Å². The Balaban J connectivity index is 1.62. The predicted molar refractivity (Wildman–Crippen MR) is 163 cm³/mol. The summed E-state index contributed by atoms with van der Waals surface area (Å²) in [5.74, 6) is 0.670. The van der Waals surface area contributed by atoms with E-state index in [4.69, 9.17) is 9.78 Å². The third-order valence-electron chi connectivity index (χ3n) is 7.49. The molecule has 0 saturated carbocycles. The zero-order valence-corrected chi connectivity index (χ0v) is 21.6. The maximum atomic E-state index is 5.54. The second kappa shape index (κ2) is 9.75. The average Bonchev–Trinajstić information content (AvgIpc) is 3.00. The molecule has 0 aliphatic heterocycles. The summed E-state index contributed by atoms with van der Waals surface area (Å²) in [6.07, 6.45) is 0. The van der Waals surface area contributed by atoms with E-state index in [1.54, 1.807) is 0 Å². The number of fused-ring (bicyclic) bond motifs is 3. The Morgan fingerprint density at radius 3 is 1.85 bits per heavy atom. The van der Waals surface area contributed by atoms with Crippen molar-refractivity contribution >= 4 is 32.3 Å². The lowest BCUT2D eigenvalue weighted by Gasteiger charge is -2.20. The molecule has 7 aromatic carbocycles. The minimum atomic E-state index is 0.670. The van der Waals surface area contributed by atoms with Crippen molar-refractivity contribution in [1.29, 1.82) is 0 Å². The summed E-state index contributed by atoms with van der Waals surface area (Å²) >= 11 is 0. The van der Waals surface area contributed by atoms with Crippen LogP contribution in [0.3, 0.4) is 0 Å². The first-order valence-corrected chi connectivity index (χ1v) is 13.1. The average molecular weight is 503 g/mol. The van der Waals surface area contributed by atoms with Crippen LogP contribution in [0.4, 0.5) is 0 Å². The molecular formula is C37H26O2. The van der Waals surface area contributed by atoms with Crippen LogP contribution in [0.1, 0.15) is 0 Å². The van der Waals surface area contributed by atoms with Gasteiger partial charge >= 0.3 is 0 Å². The molecule has 7 rings (SSSR count). The fourth-order valence-corrected chi connectivity index (χ4v) is 5.82. The summed E-state index contributed by atoms with van der Waals surface area (Å²) < 4.78 is 0. The maximum absolute atomic E-state index is 5.54. The van der Waals surface area contributed by atoms with Crippen molar-refractivity contribution in [3.8, 4) is 39.1 Å².